The molecule has 0 aliphatic carbocycles. The average Bonchev–Trinajstić information content (AvgIpc) is 2.95. The quantitative estimate of drug-likeness (QED) is 0.463. The standard InChI is InChI=1S/C29H41N5O4/c1-22(2)28(35)31-23-9-10-25(24(21-23)29(36)30-11-6-12-32-17-19-38-20-18-32)33-13-15-34(16-14-33)26-7-4-5-8-27(26)37-3/h4-5,7-10,21-22H,6,11-20H2,1-3H3,(H,30,36)(H,31,35). The van der Waals surface area contributed by atoms with Gasteiger partial charge >= 0.3 is 0 Å². The van der Waals surface area contributed by atoms with Crippen LogP contribution in [0.2, 0.25) is 0 Å². The minimum absolute atomic E-state index is 0.0694. The maximum absolute atomic E-state index is 13.4. The van der Waals surface area contributed by atoms with E-state index in [-0.39, 0.29) is 17.7 Å². The van der Waals surface area contributed by atoms with Gasteiger partial charge in [-0.25, -0.2) is 0 Å². The molecule has 0 bridgehead atoms. The number of morpholine rings is 1. The summed E-state index contributed by atoms with van der Waals surface area (Å²) in [5.74, 6) is 0.536. The smallest absolute Gasteiger partial charge is 0.253 e. The second-order valence-corrected chi connectivity index (χ2v) is 10.1. The maximum Gasteiger partial charge on any atom is 0.253 e. The van der Waals surface area contributed by atoms with Gasteiger partial charge < -0.3 is 29.9 Å². The molecule has 38 heavy (non-hydrogen) atoms. The number of amides is 2. The van der Waals surface area contributed by atoms with Crippen molar-refractivity contribution in [2.24, 2.45) is 5.92 Å². The van der Waals surface area contributed by atoms with E-state index in [1.807, 2.05) is 44.2 Å². The summed E-state index contributed by atoms with van der Waals surface area (Å²) in [6, 6.07) is 13.7. The van der Waals surface area contributed by atoms with E-state index in [0.717, 1.165) is 82.6 Å². The third-order valence-corrected chi connectivity index (χ3v) is 7.12. The van der Waals surface area contributed by atoms with Gasteiger partial charge in [-0.2, -0.15) is 0 Å². The second kappa shape index (κ2) is 13.5. The first kappa shape index (κ1) is 27.7. The van der Waals surface area contributed by atoms with Crippen LogP contribution in [0.4, 0.5) is 17.1 Å². The van der Waals surface area contributed by atoms with Gasteiger partial charge in [0.15, 0.2) is 0 Å². The van der Waals surface area contributed by atoms with Crippen molar-refractivity contribution >= 4 is 28.9 Å². The Morgan fingerprint density at radius 1 is 0.947 bits per heavy atom. The summed E-state index contributed by atoms with van der Waals surface area (Å²) in [6.45, 7) is 11.8. The number of piperazine rings is 1. The SMILES string of the molecule is COc1ccccc1N1CCN(c2ccc(NC(=O)C(C)C)cc2C(=O)NCCCN2CCOCC2)CC1. The molecule has 2 amide bonds. The summed E-state index contributed by atoms with van der Waals surface area (Å²) in [5.41, 5.74) is 3.19. The topological polar surface area (TPSA) is 86.4 Å². The zero-order chi connectivity index (χ0) is 26.9. The fourth-order valence-electron chi connectivity index (χ4n) is 4.86. The number of benzene rings is 2. The summed E-state index contributed by atoms with van der Waals surface area (Å²) < 4.78 is 11.0. The van der Waals surface area contributed by atoms with Crippen LogP contribution in [0.1, 0.15) is 30.6 Å². The van der Waals surface area contributed by atoms with E-state index in [4.69, 9.17) is 9.47 Å². The Bertz CT molecular complexity index is 1080. The molecule has 2 aromatic carbocycles. The molecular formula is C29H41N5O4. The summed E-state index contributed by atoms with van der Waals surface area (Å²) in [7, 11) is 1.69. The van der Waals surface area contributed by atoms with Crippen LogP contribution in [0.3, 0.4) is 0 Å². The number of methoxy groups -OCH3 is 1. The van der Waals surface area contributed by atoms with Crippen LogP contribution in [0.25, 0.3) is 0 Å². The molecule has 0 radical (unpaired) electrons. The Labute approximate surface area is 226 Å². The van der Waals surface area contributed by atoms with Crippen LogP contribution in [-0.4, -0.2) is 89.4 Å². The molecule has 2 aromatic rings. The van der Waals surface area contributed by atoms with Gasteiger partial charge in [0.2, 0.25) is 5.91 Å². The van der Waals surface area contributed by atoms with Gasteiger partial charge in [0.1, 0.15) is 5.75 Å². The first-order valence-corrected chi connectivity index (χ1v) is 13.6. The van der Waals surface area contributed by atoms with Gasteiger partial charge in [-0.05, 0) is 43.3 Å². The van der Waals surface area contributed by atoms with Gasteiger partial charge in [0.25, 0.3) is 5.91 Å². The zero-order valence-corrected chi connectivity index (χ0v) is 22.9. The number of carbonyl (C=O) groups excluding carboxylic acids is 2. The Balaban J connectivity index is 1.44. The van der Waals surface area contributed by atoms with Crippen LogP contribution in [0.5, 0.6) is 5.75 Å². The average molecular weight is 524 g/mol. The molecule has 2 fully saturated rings. The number of nitrogens with zero attached hydrogens (tertiary/aromatic N) is 3. The van der Waals surface area contributed by atoms with Gasteiger partial charge in [-0.1, -0.05) is 26.0 Å². The summed E-state index contributed by atoms with van der Waals surface area (Å²) in [5, 5.41) is 6.05. The lowest BCUT2D eigenvalue weighted by molar-refractivity contribution is -0.118. The number of rotatable bonds is 10. The highest BCUT2D eigenvalue weighted by Gasteiger charge is 2.24. The minimum atomic E-state index is -0.143. The Hall–Kier alpha value is -3.30. The highest BCUT2D eigenvalue weighted by molar-refractivity contribution is 6.02. The highest BCUT2D eigenvalue weighted by atomic mass is 16.5. The molecule has 2 N–H and O–H groups in total. The number of hydrogen-bond acceptors (Lipinski definition) is 7. The van der Waals surface area contributed by atoms with Crippen LogP contribution in [0, 0.1) is 5.92 Å². The van der Waals surface area contributed by atoms with E-state index in [0.29, 0.717) is 17.8 Å². The minimum Gasteiger partial charge on any atom is -0.495 e. The molecule has 206 valence electrons. The van der Waals surface area contributed by atoms with E-state index in [9.17, 15) is 9.59 Å². The van der Waals surface area contributed by atoms with Crippen LogP contribution in [0.15, 0.2) is 42.5 Å². The first-order valence-electron chi connectivity index (χ1n) is 13.6. The third-order valence-electron chi connectivity index (χ3n) is 7.12. The molecule has 9 heteroatoms. The third kappa shape index (κ3) is 7.17. The molecule has 2 aliphatic rings. The van der Waals surface area contributed by atoms with Crippen LogP contribution < -0.4 is 25.2 Å². The van der Waals surface area contributed by atoms with Crippen LogP contribution >= 0.6 is 0 Å². The molecule has 0 atom stereocenters. The molecule has 0 spiro atoms. The molecule has 4 rings (SSSR count). The molecule has 0 saturated carbocycles. The van der Waals surface area contributed by atoms with Gasteiger partial charge in [0.05, 0.1) is 31.6 Å². The van der Waals surface area contributed by atoms with E-state index >= 15 is 0 Å². The van der Waals surface area contributed by atoms with Crippen LogP contribution in [-0.2, 0) is 9.53 Å². The first-order chi connectivity index (χ1) is 18.5. The van der Waals surface area contributed by atoms with Crippen molar-refractivity contribution in [2.75, 3.05) is 87.8 Å². The molecule has 2 aliphatic heterocycles. The van der Waals surface area contributed by atoms with E-state index in [1.54, 1.807) is 13.2 Å². The van der Waals surface area contributed by atoms with E-state index in [2.05, 4.69) is 31.4 Å². The normalized spacial score (nSPS) is 16.4. The summed E-state index contributed by atoms with van der Waals surface area (Å²) in [4.78, 5) is 32.6. The molecule has 0 aromatic heterocycles. The Morgan fingerprint density at radius 2 is 1.63 bits per heavy atom. The Kier molecular flexibility index (Phi) is 9.84. The highest BCUT2D eigenvalue weighted by Crippen LogP contribution is 2.31. The molecule has 2 saturated heterocycles. The fourth-order valence-corrected chi connectivity index (χ4v) is 4.86. The summed E-state index contributed by atoms with van der Waals surface area (Å²) in [6.07, 6.45) is 0.877. The second-order valence-electron chi connectivity index (χ2n) is 10.1. The number of para-hydroxylation sites is 2. The number of hydrogen-bond donors (Lipinski definition) is 2. The molecule has 9 nitrogen and oxygen atoms in total. The van der Waals surface area contributed by atoms with Crippen molar-refractivity contribution in [3.8, 4) is 5.75 Å². The molecular weight excluding hydrogens is 482 g/mol. The zero-order valence-electron chi connectivity index (χ0n) is 22.9. The summed E-state index contributed by atoms with van der Waals surface area (Å²) >= 11 is 0. The van der Waals surface area contributed by atoms with Crippen molar-refractivity contribution in [1.82, 2.24) is 10.2 Å². The molecule has 0 unspecified atom stereocenters. The monoisotopic (exact) mass is 523 g/mol. The van der Waals surface area contributed by atoms with Crippen molar-refractivity contribution < 1.29 is 19.1 Å². The van der Waals surface area contributed by atoms with Crippen molar-refractivity contribution in [3.63, 3.8) is 0 Å². The largest absolute Gasteiger partial charge is 0.495 e. The van der Waals surface area contributed by atoms with Gasteiger partial charge in [0, 0.05) is 63.1 Å². The molecule has 2 heterocycles. The number of anilines is 3. The fraction of sp³-hybridized carbons (Fsp3) is 0.517. The maximum atomic E-state index is 13.4. The number of carbonyl (C=O) groups is 2. The lowest BCUT2D eigenvalue weighted by Crippen LogP contribution is -2.47. The van der Waals surface area contributed by atoms with E-state index in [1.165, 1.54) is 0 Å². The van der Waals surface area contributed by atoms with Gasteiger partial charge in [-0.3, -0.25) is 14.5 Å². The lowest BCUT2D eigenvalue weighted by atomic mass is 10.1. The van der Waals surface area contributed by atoms with Crippen molar-refractivity contribution in [3.05, 3.63) is 48.0 Å². The van der Waals surface area contributed by atoms with Crippen molar-refractivity contribution in [2.45, 2.75) is 20.3 Å². The predicted octanol–water partition coefficient (Wildman–Crippen LogP) is 3.07. The van der Waals surface area contributed by atoms with E-state index < -0.39 is 0 Å². The Morgan fingerprint density at radius 3 is 2.32 bits per heavy atom. The van der Waals surface area contributed by atoms with Gasteiger partial charge in [-0.15, -0.1) is 0 Å². The van der Waals surface area contributed by atoms with Crippen molar-refractivity contribution in [1.29, 1.82) is 0 Å². The number of ether oxygens (including phenoxy) is 2. The number of nitrogens with one attached hydrogen (secondary N) is 2. The predicted molar refractivity (Wildman–Crippen MR) is 152 cm³/mol. The lowest BCUT2D eigenvalue weighted by Gasteiger charge is -2.38.